The van der Waals surface area contributed by atoms with E-state index < -0.39 is 12.1 Å². The van der Waals surface area contributed by atoms with E-state index in [1.165, 1.54) is 13.4 Å². The number of hydrogen-bond donors (Lipinski definition) is 1. The van der Waals surface area contributed by atoms with Crippen LogP contribution in [0.5, 0.6) is 5.75 Å². The van der Waals surface area contributed by atoms with Crippen LogP contribution in [0.2, 0.25) is 0 Å². The first-order valence-electron chi connectivity index (χ1n) is 10.1. The van der Waals surface area contributed by atoms with Crippen LogP contribution in [-0.2, 0) is 19.7 Å². The van der Waals surface area contributed by atoms with Gasteiger partial charge in [0.05, 0.1) is 31.3 Å². The van der Waals surface area contributed by atoms with Crippen molar-refractivity contribution in [2.24, 2.45) is 16.8 Å². The van der Waals surface area contributed by atoms with E-state index in [4.69, 9.17) is 19.2 Å². The lowest BCUT2D eigenvalue weighted by Crippen LogP contribution is -2.56. The third-order valence-corrected chi connectivity index (χ3v) is 7.27. The number of para-hydroxylation sites is 1. The summed E-state index contributed by atoms with van der Waals surface area (Å²) in [5.41, 5.74) is 2.06. The molecule has 29 heavy (non-hydrogen) atoms. The van der Waals surface area contributed by atoms with Crippen molar-refractivity contribution in [3.8, 4) is 5.75 Å². The Bertz CT molecular complexity index is 924. The molecule has 0 amide bonds. The van der Waals surface area contributed by atoms with E-state index in [-0.39, 0.29) is 23.3 Å². The number of piperidine rings is 1. The molecule has 1 N–H and O–H groups in total. The minimum atomic E-state index is -0.533. The van der Waals surface area contributed by atoms with Gasteiger partial charge in [-0.2, -0.15) is 0 Å². The first-order valence-corrected chi connectivity index (χ1v) is 10.1. The topological polar surface area (TPSA) is 80.6 Å². The second-order valence-electron chi connectivity index (χ2n) is 8.43. The van der Waals surface area contributed by atoms with Gasteiger partial charge in [-0.25, -0.2) is 9.79 Å². The summed E-state index contributed by atoms with van der Waals surface area (Å²) in [6, 6.07) is 6.17. The maximum absolute atomic E-state index is 12.6. The fourth-order valence-corrected chi connectivity index (χ4v) is 5.88. The molecular formula is C22H26N2O5. The van der Waals surface area contributed by atoms with Gasteiger partial charge in [0.25, 0.3) is 0 Å². The van der Waals surface area contributed by atoms with Crippen LogP contribution >= 0.6 is 0 Å². The van der Waals surface area contributed by atoms with Crippen molar-refractivity contribution < 1.29 is 24.1 Å². The van der Waals surface area contributed by atoms with Crippen molar-refractivity contribution in [3.05, 3.63) is 35.6 Å². The van der Waals surface area contributed by atoms with Crippen molar-refractivity contribution in [2.75, 3.05) is 27.3 Å². The molecule has 2 saturated heterocycles. The van der Waals surface area contributed by atoms with Crippen LogP contribution in [0.3, 0.4) is 0 Å². The van der Waals surface area contributed by atoms with Gasteiger partial charge in [-0.05, 0) is 37.9 Å². The number of nitrogens with zero attached hydrogens (tertiary/aromatic N) is 2. The molecule has 1 unspecified atom stereocenters. The minimum Gasteiger partial charge on any atom is -0.494 e. The van der Waals surface area contributed by atoms with Gasteiger partial charge in [-0.3, -0.25) is 4.90 Å². The second kappa shape index (κ2) is 6.57. The number of rotatable bonds is 3. The number of carbonyl (C=O) groups excluding carboxylic acids is 1. The molecule has 2 bridgehead atoms. The zero-order valence-corrected chi connectivity index (χ0v) is 16.9. The van der Waals surface area contributed by atoms with Gasteiger partial charge < -0.3 is 19.3 Å². The molecule has 7 nitrogen and oxygen atoms in total. The van der Waals surface area contributed by atoms with Gasteiger partial charge in [0.2, 0.25) is 5.90 Å². The molecule has 0 radical (unpaired) electrons. The lowest BCUT2D eigenvalue weighted by Gasteiger charge is -2.47. The molecule has 0 saturated carbocycles. The van der Waals surface area contributed by atoms with Crippen molar-refractivity contribution in [1.29, 1.82) is 0 Å². The predicted octanol–water partition coefficient (Wildman–Crippen LogP) is 2.15. The van der Waals surface area contributed by atoms with Crippen LogP contribution in [0.4, 0.5) is 5.69 Å². The molecule has 1 spiro atoms. The maximum atomic E-state index is 12.6. The molecule has 5 rings (SSSR count). The Morgan fingerprint density at radius 3 is 2.97 bits per heavy atom. The lowest BCUT2D eigenvalue weighted by atomic mass is 9.66. The number of carbonyl (C=O) groups is 1. The Balaban J connectivity index is 1.69. The maximum Gasteiger partial charge on any atom is 0.337 e. The normalized spacial score (nSPS) is 35.1. The first kappa shape index (κ1) is 18.6. The first-order chi connectivity index (χ1) is 14.0. The zero-order valence-electron chi connectivity index (χ0n) is 16.9. The molecule has 0 aromatic heterocycles. The summed E-state index contributed by atoms with van der Waals surface area (Å²) in [5, 5.41) is 10.5. The Kier molecular flexibility index (Phi) is 4.22. The highest BCUT2D eigenvalue weighted by atomic mass is 16.5. The van der Waals surface area contributed by atoms with Crippen LogP contribution in [0.1, 0.15) is 25.3 Å². The van der Waals surface area contributed by atoms with Crippen LogP contribution < -0.4 is 4.74 Å². The van der Waals surface area contributed by atoms with E-state index in [0.29, 0.717) is 11.5 Å². The quantitative estimate of drug-likeness (QED) is 0.786. The van der Waals surface area contributed by atoms with Gasteiger partial charge in [0.1, 0.15) is 17.7 Å². The summed E-state index contributed by atoms with van der Waals surface area (Å²) in [4.78, 5) is 19.8. The smallest absolute Gasteiger partial charge is 0.337 e. The molecule has 4 aliphatic rings. The minimum absolute atomic E-state index is 0.0555. The summed E-state index contributed by atoms with van der Waals surface area (Å²) in [6.45, 7) is 3.43. The number of hydrogen-bond acceptors (Lipinski definition) is 7. The fourth-order valence-electron chi connectivity index (χ4n) is 5.88. The van der Waals surface area contributed by atoms with Gasteiger partial charge in [-0.1, -0.05) is 12.1 Å². The molecule has 1 aromatic rings. The lowest BCUT2D eigenvalue weighted by molar-refractivity contribution is -0.137. The van der Waals surface area contributed by atoms with Crippen molar-refractivity contribution in [1.82, 2.24) is 4.90 Å². The molecule has 2 fully saturated rings. The molecule has 5 atom stereocenters. The van der Waals surface area contributed by atoms with E-state index in [2.05, 4.69) is 11.0 Å². The molecule has 4 heterocycles. The van der Waals surface area contributed by atoms with Crippen molar-refractivity contribution >= 4 is 17.6 Å². The van der Waals surface area contributed by atoms with Crippen molar-refractivity contribution in [3.63, 3.8) is 0 Å². The average Bonchev–Trinajstić information content (AvgIpc) is 3.24. The van der Waals surface area contributed by atoms with E-state index in [1.54, 1.807) is 14.0 Å². The number of benzene rings is 1. The molecular weight excluding hydrogens is 372 g/mol. The van der Waals surface area contributed by atoms with E-state index in [0.717, 1.165) is 42.9 Å². The molecule has 7 heteroatoms. The Hall–Kier alpha value is -2.38. The number of ether oxygens (including phenoxy) is 3. The number of aliphatic hydroxyl groups is 1. The summed E-state index contributed by atoms with van der Waals surface area (Å²) in [5.74, 6) is 0.757. The molecule has 1 aromatic carbocycles. The average molecular weight is 398 g/mol. The van der Waals surface area contributed by atoms with Gasteiger partial charge in [-0.15, -0.1) is 0 Å². The monoisotopic (exact) mass is 398 g/mol. The van der Waals surface area contributed by atoms with E-state index in [1.807, 2.05) is 12.1 Å². The Labute approximate surface area is 170 Å². The highest BCUT2D eigenvalue weighted by Crippen LogP contribution is 2.57. The van der Waals surface area contributed by atoms with Crippen molar-refractivity contribution in [2.45, 2.75) is 37.3 Å². The highest BCUT2D eigenvalue weighted by molar-refractivity contribution is 6.00. The van der Waals surface area contributed by atoms with Crippen LogP contribution in [0.25, 0.3) is 0 Å². The highest BCUT2D eigenvalue weighted by Gasteiger charge is 2.61. The zero-order chi connectivity index (χ0) is 20.3. The van der Waals surface area contributed by atoms with Crippen LogP contribution in [0.15, 0.2) is 35.0 Å². The standard InChI is InChI=1S/C22H26N2O5/c1-12(25)14-10-24-8-7-22-16-5-4-6-17(27-2)19(16)23-21(22)29-11-15(20(26)28-3)13(14)9-18(22)24/h4-6,11-14,18,25H,7-10H2,1-3H3/b15-11+/t12-,13-,14-,18?,22+/m0/s1. The predicted molar refractivity (Wildman–Crippen MR) is 106 cm³/mol. The molecule has 4 aliphatic heterocycles. The summed E-state index contributed by atoms with van der Waals surface area (Å²) in [7, 11) is 3.02. The fraction of sp³-hybridized carbons (Fsp3) is 0.545. The van der Waals surface area contributed by atoms with Gasteiger partial charge in [0.15, 0.2) is 0 Å². The number of methoxy groups -OCH3 is 2. The van der Waals surface area contributed by atoms with Crippen LogP contribution in [0, 0.1) is 11.8 Å². The van der Waals surface area contributed by atoms with Gasteiger partial charge in [0, 0.05) is 24.4 Å². The van der Waals surface area contributed by atoms with Gasteiger partial charge >= 0.3 is 5.97 Å². The second-order valence-corrected chi connectivity index (χ2v) is 8.43. The van der Waals surface area contributed by atoms with E-state index >= 15 is 0 Å². The number of fused-ring (bicyclic) bond motifs is 2. The van der Waals surface area contributed by atoms with Crippen LogP contribution in [-0.4, -0.2) is 61.3 Å². The largest absolute Gasteiger partial charge is 0.494 e. The third kappa shape index (κ3) is 2.43. The number of aliphatic hydroxyl groups excluding tert-OH is 1. The Morgan fingerprint density at radius 2 is 2.24 bits per heavy atom. The Morgan fingerprint density at radius 1 is 1.41 bits per heavy atom. The SMILES string of the molecule is COC(=O)/C1=C/OC2=Nc3c(OC)cccc3[C@@]23CCN2C[C@@H]([C@H](C)O)[C@@H]1CC23. The number of aliphatic imine (C=N–C) groups is 1. The molecule has 154 valence electrons. The third-order valence-electron chi connectivity index (χ3n) is 7.27. The summed E-state index contributed by atoms with van der Waals surface area (Å²) < 4.78 is 16.7. The van der Waals surface area contributed by atoms with E-state index in [9.17, 15) is 9.90 Å². The number of esters is 1. The summed E-state index contributed by atoms with van der Waals surface area (Å²) >= 11 is 0. The molecule has 0 aliphatic carbocycles. The summed E-state index contributed by atoms with van der Waals surface area (Å²) in [6.07, 6.45) is 2.61.